The number of hydrogen-bond acceptors (Lipinski definition) is 6. The highest BCUT2D eigenvalue weighted by Gasteiger charge is 2.22. The zero-order valence-electron chi connectivity index (χ0n) is 15.7. The summed E-state index contributed by atoms with van der Waals surface area (Å²) in [6.07, 6.45) is 3.53. The molecule has 0 fully saturated rings. The minimum atomic E-state index is -0.710. The highest BCUT2D eigenvalue weighted by molar-refractivity contribution is 7.25. The van der Waals surface area contributed by atoms with Crippen molar-refractivity contribution in [3.05, 3.63) is 58.2 Å². The third kappa shape index (κ3) is 3.45. The first-order chi connectivity index (χ1) is 14.0. The maximum atomic E-state index is 13.1. The molecule has 29 heavy (non-hydrogen) atoms. The fourth-order valence-electron chi connectivity index (χ4n) is 3.18. The third-order valence-electron chi connectivity index (χ3n) is 4.62. The van der Waals surface area contributed by atoms with Gasteiger partial charge in [0.05, 0.1) is 24.0 Å². The molecule has 1 amide bonds. The molecule has 0 saturated carbocycles. The Kier molecular flexibility index (Phi) is 5.21. The predicted molar refractivity (Wildman–Crippen MR) is 115 cm³/mol. The smallest absolute Gasteiger partial charge is 0.272 e. The van der Waals surface area contributed by atoms with Crippen LogP contribution >= 0.6 is 22.9 Å². The number of rotatable bonds is 5. The molecular weight excluding hydrogens is 412 g/mol. The second kappa shape index (κ2) is 7.81. The lowest BCUT2D eigenvalue weighted by Gasteiger charge is -2.18. The zero-order chi connectivity index (χ0) is 20.5. The van der Waals surface area contributed by atoms with Gasteiger partial charge in [0, 0.05) is 17.3 Å². The molecule has 3 heterocycles. The van der Waals surface area contributed by atoms with Crippen molar-refractivity contribution in [3.8, 4) is 5.75 Å². The summed E-state index contributed by atoms with van der Waals surface area (Å²) in [5, 5.41) is 4.03. The van der Waals surface area contributed by atoms with Crippen LogP contribution in [-0.4, -0.2) is 27.6 Å². The number of ether oxygens (including phenoxy) is 1. The van der Waals surface area contributed by atoms with E-state index in [2.05, 4.69) is 15.3 Å². The van der Waals surface area contributed by atoms with Crippen molar-refractivity contribution in [2.45, 2.75) is 19.4 Å². The number of fused-ring (bicyclic) bond motifs is 3. The largest absolute Gasteiger partial charge is 0.495 e. The highest BCUT2D eigenvalue weighted by atomic mass is 35.5. The van der Waals surface area contributed by atoms with Gasteiger partial charge in [0.15, 0.2) is 0 Å². The number of carbonyl (C=O) groups is 1. The molecule has 0 saturated heterocycles. The third-order valence-corrected chi connectivity index (χ3v) is 6.01. The summed E-state index contributed by atoms with van der Waals surface area (Å²) in [6, 6.07) is 7.95. The maximum Gasteiger partial charge on any atom is 0.272 e. The first-order valence-electron chi connectivity index (χ1n) is 8.92. The molecule has 9 heteroatoms. The number of carbonyl (C=O) groups excluding carboxylic acids is 1. The van der Waals surface area contributed by atoms with Gasteiger partial charge >= 0.3 is 0 Å². The molecule has 0 radical (unpaired) electrons. The van der Waals surface area contributed by atoms with Crippen LogP contribution in [0.5, 0.6) is 5.75 Å². The monoisotopic (exact) mass is 428 g/mol. The number of aromatic nitrogens is 3. The Labute approximate surface area is 174 Å². The van der Waals surface area contributed by atoms with Gasteiger partial charge in [-0.15, -0.1) is 11.3 Å². The van der Waals surface area contributed by atoms with Crippen molar-refractivity contribution in [3.63, 3.8) is 0 Å². The number of halogens is 1. The molecular formula is C20H17ClN4O3S. The van der Waals surface area contributed by atoms with Gasteiger partial charge < -0.3 is 10.1 Å². The number of pyridine rings is 1. The Balaban J connectivity index is 1.70. The number of amides is 1. The van der Waals surface area contributed by atoms with E-state index in [1.165, 1.54) is 29.3 Å². The van der Waals surface area contributed by atoms with Crippen LogP contribution in [-0.2, 0) is 4.79 Å². The van der Waals surface area contributed by atoms with E-state index >= 15 is 0 Å². The highest BCUT2D eigenvalue weighted by Crippen LogP contribution is 2.29. The minimum Gasteiger partial charge on any atom is -0.495 e. The number of thiophene rings is 1. The van der Waals surface area contributed by atoms with Gasteiger partial charge in [-0.3, -0.25) is 14.2 Å². The summed E-state index contributed by atoms with van der Waals surface area (Å²) < 4.78 is 6.98. The lowest BCUT2D eigenvalue weighted by Crippen LogP contribution is -2.33. The summed E-state index contributed by atoms with van der Waals surface area (Å²) >= 11 is 7.41. The average Bonchev–Trinajstić information content (AvgIpc) is 3.10. The molecule has 1 aromatic carbocycles. The van der Waals surface area contributed by atoms with Crippen molar-refractivity contribution in [1.29, 1.82) is 0 Å². The van der Waals surface area contributed by atoms with Crippen LogP contribution in [0.1, 0.15) is 19.4 Å². The molecule has 7 nitrogen and oxygen atoms in total. The van der Waals surface area contributed by atoms with Gasteiger partial charge in [0.2, 0.25) is 5.91 Å². The second-order valence-corrected chi connectivity index (χ2v) is 7.76. The molecule has 0 aliphatic heterocycles. The van der Waals surface area contributed by atoms with E-state index in [1.807, 2.05) is 19.1 Å². The Bertz CT molecular complexity index is 1280. The Morgan fingerprint density at radius 3 is 2.90 bits per heavy atom. The summed E-state index contributed by atoms with van der Waals surface area (Å²) in [5.41, 5.74) is 0.872. The molecule has 0 spiro atoms. The van der Waals surface area contributed by atoms with Gasteiger partial charge in [-0.25, -0.2) is 9.97 Å². The van der Waals surface area contributed by atoms with Crippen LogP contribution in [0, 0.1) is 0 Å². The van der Waals surface area contributed by atoms with Crippen LogP contribution in [0.15, 0.2) is 47.7 Å². The van der Waals surface area contributed by atoms with E-state index in [1.54, 1.807) is 24.4 Å². The Morgan fingerprint density at radius 1 is 1.34 bits per heavy atom. The number of anilines is 1. The molecule has 0 aliphatic carbocycles. The van der Waals surface area contributed by atoms with Crippen LogP contribution < -0.4 is 15.6 Å². The molecule has 0 aliphatic rings. The van der Waals surface area contributed by atoms with Gasteiger partial charge in [-0.2, -0.15) is 0 Å². The van der Waals surface area contributed by atoms with E-state index in [0.29, 0.717) is 33.1 Å². The maximum absolute atomic E-state index is 13.1. The van der Waals surface area contributed by atoms with E-state index < -0.39 is 6.04 Å². The van der Waals surface area contributed by atoms with Crippen molar-refractivity contribution in [2.75, 3.05) is 12.4 Å². The topological polar surface area (TPSA) is 86.1 Å². The summed E-state index contributed by atoms with van der Waals surface area (Å²) in [6.45, 7) is 1.84. The lowest BCUT2D eigenvalue weighted by atomic mass is 10.2. The molecule has 0 bridgehead atoms. The minimum absolute atomic E-state index is 0.257. The number of benzene rings is 1. The van der Waals surface area contributed by atoms with Crippen LogP contribution in [0.4, 0.5) is 5.69 Å². The first kappa shape index (κ1) is 19.4. The fraction of sp³-hybridized carbons (Fsp3) is 0.200. The summed E-state index contributed by atoms with van der Waals surface area (Å²) in [4.78, 5) is 35.5. The Morgan fingerprint density at radius 2 is 2.17 bits per heavy atom. The molecule has 148 valence electrons. The second-order valence-electron chi connectivity index (χ2n) is 6.36. The van der Waals surface area contributed by atoms with E-state index in [0.717, 1.165) is 10.2 Å². The number of nitrogens with one attached hydrogen (secondary N) is 1. The van der Waals surface area contributed by atoms with Gasteiger partial charge in [0.25, 0.3) is 5.56 Å². The lowest BCUT2D eigenvalue weighted by molar-refractivity contribution is -0.119. The normalized spacial score (nSPS) is 12.2. The van der Waals surface area contributed by atoms with E-state index in [-0.39, 0.29) is 11.5 Å². The molecule has 4 rings (SSSR count). The van der Waals surface area contributed by atoms with Crippen LogP contribution in [0.25, 0.3) is 20.4 Å². The number of hydrogen-bond donors (Lipinski definition) is 1. The van der Waals surface area contributed by atoms with Gasteiger partial charge in [0.1, 0.15) is 21.3 Å². The van der Waals surface area contributed by atoms with Gasteiger partial charge in [-0.05, 0) is 36.8 Å². The molecule has 1 atom stereocenters. The molecule has 1 N–H and O–H groups in total. The van der Waals surface area contributed by atoms with Gasteiger partial charge in [-0.1, -0.05) is 18.5 Å². The molecule has 4 aromatic rings. The van der Waals surface area contributed by atoms with Crippen LogP contribution in [0.3, 0.4) is 0 Å². The average molecular weight is 429 g/mol. The molecule has 1 unspecified atom stereocenters. The van der Waals surface area contributed by atoms with E-state index in [9.17, 15) is 9.59 Å². The molecule has 3 aromatic heterocycles. The SMILES string of the molecule is CCC(C(=O)Nc1ccc(OC)c(Cl)c1)n1cnc2c(sc3ncccc32)c1=O. The number of nitrogens with zero attached hydrogens (tertiary/aromatic N) is 3. The van der Waals surface area contributed by atoms with Crippen molar-refractivity contribution in [1.82, 2.24) is 14.5 Å². The summed E-state index contributed by atoms with van der Waals surface area (Å²) in [5.74, 6) is 0.192. The van der Waals surface area contributed by atoms with Crippen LogP contribution in [0.2, 0.25) is 5.02 Å². The zero-order valence-corrected chi connectivity index (χ0v) is 17.3. The fourth-order valence-corrected chi connectivity index (χ4v) is 4.47. The number of methoxy groups -OCH3 is 1. The first-order valence-corrected chi connectivity index (χ1v) is 10.1. The predicted octanol–water partition coefficient (Wildman–Crippen LogP) is 4.26. The standard InChI is InChI=1S/C20H17ClN4O3S/c1-3-14(18(26)24-11-6-7-15(28-2)13(21)9-11)25-10-23-16-12-5-4-8-22-19(12)29-17(16)20(25)27/h4-10,14H,3H2,1-2H3,(H,24,26). The van der Waals surface area contributed by atoms with Crippen molar-refractivity contribution < 1.29 is 9.53 Å². The Hall–Kier alpha value is -2.97. The quantitative estimate of drug-likeness (QED) is 0.513. The van der Waals surface area contributed by atoms with E-state index in [4.69, 9.17) is 16.3 Å². The van der Waals surface area contributed by atoms with Crippen molar-refractivity contribution in [2.24, 2.45) is 0 Å². The summed E-state index contributed by atoms with van der Waals surface area (Å²) in [7, 11) is 1.52. The van der Waals surface area contributed by atoms with Crippen molar-refractivity contribution >= 4 is 55.0 Å².